The molecule has 9 heteroatoms. The molecular weight excluding hydrogens is 446 g/mol. The lowest BCUT2D eigenvalue weighted by Gasteiger charge is -2.50. The highest BCUT2D eigenvalue weighted by molar-refractivity contribution is 5.74. The number of amides is 2. The van der Waals surface area contributed by atoms with Gasteiger partial charge in [-0.1, -0.05) is 0 Å². The second kappa shape index (κ2) is 10.4. The number of ether oxygens (including phenoxy) is 3. The summed E-state index contributed by atoms with van der Waals surface area (Å²) in [6.07, 6.45) is 2.23. The third-order valence-electron chi connectivity index (χ3n) is 7.58. The van der Waals surface area contributed by atoms with Crippen LogP contribution in [0.3, 0.4) is 0 Å². The summed E-state index contributed by atoms with van der Waals surface area (Å²) < 4.78 is 16.2. The van der Waals surface area contributed by atoms with E-state index in [1.807, 2.05) is 30.0 Å². The molecule has 0 aliphatic carbocycles. The van der Waals surface area contributed by atoms with Crippen molar-refractivity contribution in [2.45, 2.75) is 31.7 Å². The Bertz CT molecular complexity index is 1060. The molecule has 1 N–H and O–H groups in total. The Hall–Kier alpha value is -2.91. The van der Waals surface area contributed by atoms with E-state index in [4.69, 9.17) is 24.2 Å². The number of fused-ring (bicyclic) bond motifs is 3. The molecule has 0 spiro atoms. The number of nitrogens with zero attached hydrogens (tertiary/aromatic N) is 4. The highest BCUT2D eigenvalue weighted by atomic mass is 16.5. The lowest BCUT2D eigenvalue weighted by molar-refractivity contribution is 0.0274. The number of hydrogen-bond donors (Lipinski definition) is 1. The number of piperidine rings is 3. The van der Waals surface area contributed by atoms with Crippen LogP contribution in [-0.4, -0.2) is 92.0 Å². The first-order valence-corrected chi connectivity index (χ1v) is 12.5. The summed E-state index contributed by atoms with van der Waals surface area (Å²) in [6, 6.07) is 8.43. The maximum atomic E-state index is 12.5. The molecule has 4 unspecified atom stereocenters. The van der Waals surface area contributed by atoms with Crippen LogP contribution in [0.15, 0.2) is 24.3 Å². The fraction of sp³-hybridized carbons (Fsp3) is 0.577. The molecular formula is C26H35N5O4. The molecule has 9 nitrogen and oxygen atoms in total. The first-order valence-electron chi connectivity index (χ1n) is 12.5. The number of urea groups is 1. The molecule has 2 amide bonds. The monoisotopic (exact) mass is 481 g/mol. The molecule has 188 valence electrons. The van der Waals surface area contributed by atoms with E-state index in [2.05, 4.69) is 16.3 Å². The van der Waals surface area contributed by atoms with Crippen molar-refractivity contribution >= 4 is 6.03 Å². The highest BCUT2D eigenvalue weighted by Crippen LogP contribution is 2.42. The predicted octanol–water partition coefficient (Wildman–Crippen LogP) is 2.69. The Morgan fingerprint density at radius 1 is 1.11 bits per heavy atom. The van der Waals surface area contributed by atoms with Crippen molar-refractivity contribution in [3.63, 3.8) is 0 Å². The molecule has 0 saturated carbocycles. The number of benzene rings is 1. The maximum absolute atomic E-state index is 12.5. The molecule has 2 aromatic rings. The van der Waals surface area contributed by atoms with Crippen molar-refractivity contribution in [2.75, 3.05) is 60.2 Å². The van der Waals surface area contributed by atoms with Crippen molar-refractivity contribution in [1.82, 2.24) is 25.1 Å². The Morgan fingerprint density at radius 3 is 2.63 bits per heavy atom. The summed E-state index contributed by atoms with van der Waals surface area (Å²) in [5, 5.41) is 3.16. The Balaban J connectivity index is 1.28. The third-order valence-corrected chi connectivity index (χ3v) is 7.58. The Labute approximate surface area is 206 Å². The lowest BCUT2D eigenvalue weighted by Crippen LogP contribution is -2.57. The zero-order chi connectivity index (χ0) is 24.4. The van der Waals surface area contributed by atoms with Crippen LogP contribution in [-0.2, 0) is 4.74 Å². The molecule has 4 fully saturated rings. The van der Waals surface area contributed by atoms with Gasteiger partial charge in [0.05, 0.1) is 33.1 Å². The molecule has 0 radical (unpaired) electrons. The molecule has 4 aliphatic heterocycles. The van der Waals surface area contributed by atoms with Crippen LogP contribution in [0.2, 0.25) is 0 Å². The van der Waals surface area contributed by atoms with Crippen molar-refractivity contribution in [2.24, 2.45) is 5.92 Å². The molecule has 2 bridgehead atoms. The van der Waals surface area contributed by atoms with E-state index in [0.717, 1.165) is 48.7 Å². The van der Waals surface area contributed by atoms with Gasteiger partial charge in [0.2, 0.25) is 0 Å². The molecule has 4 aliphatic rings. The number of morpholine rings is 1. The van der Waals surface area contributed by atoms with Crippen LogP contribution in [0.4, 0.5) is 4.79 Å². The SMILES string of the molecule is COc1ccc(-c2cc(C3CN4CCC3CC4CNC(=O)N3CCOCC3)nc(C)n2)cc1OC. The second-order valence-electron chi connectivity index (χ2n) is 9.62. The van der Waals surface area contributed by atoms with Gasteiger partial charge in [0.25, 0.3) is 0 Å². The molecule has 1 aromatic carbocycles. The lowest BCUT2D eigenvalue weighted by atomic mass is 9.74. The largest absolute Gasteiger partial charge is 0.493 e. The quantitative estimate of drug-likeness (QED) is 0.679. The molecule has 6 rings (SSSR count). The van der Waals surface area contributed by atoms with Crippen LogP contribution >= 0.6 is 0 Å². The van der Waals surface area contributed by atoms with Gasteiger partial charge in [0, 0.05) is 49.4 Å². The van der Waals surface area contributed by atoms with Crippen molar-refractivity contribution in [1.29, 1.82) is 0 Å². The Morgan fingerprint density at radius 2 is 1.91 bits per heavy atom. The number of methoxy groups -OCH3 is 2. The van der Waals surface area contributed by atoms with E-state index in [9.17, 15) is 4.79 Å². The van der Waals surface area contributed by atoms with E-state index in [1.54, 1.807) is 14.2 Å². The fourth-order valence-corrected chi connectivity index (χ4v) is 5.69. The summed E-state index contributed by atoms with van der Waals surface area (Å²) >= 11 is 0. The number of carbonyl (C=O) groups excluding carboxylic acids is 1. The second-order valence-corrected chi connectivity index (χ2v) is 9.62. The normalized spacial score (nSPS) is 25.9. The number of carbonyl (C=O) groups is 1. The van der Waals surface area contributed by atoms with Crippen LogP contribution in [0.1, 0.15) is 30.3 Å². The average Bonchev–Trinajstić information content (AvgIpc) is 2.91. The first-order chi connectivity index (χ1) is 17.1. The van der Waals surface area contributed by atoms with E-state index < -0.39 is 0 Å². The van der Waals surface area contributed by atoms with Gasteiger partial charge in [-0.25, -0.2) is 14.8 Å². The van der Waals surface area contributed by atoms with Gasteiger partial charge in [-0.3, -0.25) is 4.90 Å². The number of aromatic nitrogens is 2. The summed E-state index contributed by atoms with van der Waals surface area (Å²) in [7, 11) is 3.28. The molecule has 5 heterocycles. The molecule has 4 atom stereocenters. The van der Waals surface area contributed by atoms with Crippen molar-refractivity contribution in [3.8, 4) is 22.8 Å². The van der Waals surface area contributed by atoms with Crippen LogP contribution < -0.4 is 14.8 Å². The first kappa shape index (κ1) is 23.8. The summed E-state index contributed by atoms with van der Waals surface area (Å²) in [6.45, 7) is 7.27. The van der Waals surface area contributed by atoms with Crippen molar-refractivity contribution < 1.29 is 19.0 Å². The van der Waals surface area contributed by atoms with Crippen LogP contribution in [0.25, 0.3) is 11.3 Å². The number of aryl methyl sites for hydroxylation is 1. The minimum Gasteiger partial charge on any atom is -0.493 e. The smallest absolute Gasteiger partial charge is 0.317 e. The van der Waals surface area contributed by atoms with Gasteiger partial charge in [-0.15, -0.1) is 0 Å². The van der Waals surface area contributed by atoms with Gasteiger partial charge < -0.3 is 24.4 Å². The van der Waals surface area contributed by atoms with Gasteiger partial charge in [0.15, 0.2) is 11.5 Å². The molecule has 1 aromatic heterocycles. The van der Waals surface area contributed by atoms with Gasteiger partial charge in [-0.05, 0) is 56.5 Å². The number of hydrogen-bond acceptors (Lipinski definition) is 7. The highest BCUT2D eigenvalue weighted by Gasteiger charge is 2.41. The molecule has 35 heavy (non-hydrogen) atoms. The topological polar surface area (TPSA) is 89.1 Å². The Kier molecular flexibility index (Phi) is 7.06. The minimum absolute atomic E-state index is 0.0264. The van der Waals surface area contributed by atoms with Gasteiger partial charge in [0.1, 0.15) is 5.82 Å². The summed E-state index contributed by atoms with van der Waals surface area (Å²) in [4.78, 5) is 26.5. The maximum Gasteiger partial charge on any atom is 0.317 e. The van der Waals surface area contributed by atoms with E-state index in [0.29, 0.717) is 62.2 Å². The number of nitrogens with one attached hydrogen (secondary N) is 1. The number of rotatable bonds is 6. The minimum atomic E-state index is 0.0264. The fourth-order valence-electron chi connectivity index (χ4n) is 5.69. The summed E-state index contributed by atoms with van der Waals surface area (Å²) in [5.41, 5.74) is 2.99. The van der Waals surface area contributed by atoms with E-state index in [1.165, 1.54) is 0 Å². The third kappa shape index (κ3) is 5.06. The summed E-state index contributed by atoms with van der Waals surface area (Å²) in [5.74, 6) is 3.09. The predicted molar refractivity (Wildman–Crippen MR) is 132 cm³/mol. The van der Waals surface area contributed by atoms with Gasteiger partial charge >= 0.3 is 6.03 Å². The van der Waals surface area contributed by atoms with Gasteiger partial charge in [-0.2, -0.15) is 0 Å². The van der Waals surface area contributed by atoms with E-state index >= 15 is 0 Å². The standard InChI is InChI=1S/C26H35N5O4/c1-17-28-22(19-4-5-24(33-2)25(13-19)34-3)14-23(29-17)21-16-31-7-6-18(21)12-20(31)15-27-26(32)30-8-10-35-11-9-30/h4-5,13-14,18,20-21H,6-12,15-16H2,1-3H3,(H,27,32). The van der Waals surface area contributed by atoms with Crippen LogP contribution in [0, 0.1) is 12.8 Å². The zero-order valence-corrected chi connectivity index (χ0v) is 20.8. The average molecular weight is 482 g/mol. The van der Waals surface area contributed by atoms with Crippen molar-refractivity contribution in [3.05, 3.63) is 35.8 Å². The molecule has 4 saturated heterocycles. The van der Waals surface area contributed by atoms with E-state index in [-0.39, 0.29) is 6.03 Å². The van der Waals surface area contributed by atoms with Crippen LogP contribution in [0.5, 0.6) is 11.5 Å². The zero-order valence-electron chi connectivity index (χ0n) is 20.8.